The molecule has 2 heteroatoms. The summed E-state index contributed by atoms with van der Waals surface area (Å²) >= 11 is 6.04. The largest absolute Gasteiger partial charge is 0.302 e. The van der Waals surface area contributed by atoms with Gasteiger partial charge in [0, 0.05) is 18.5 Å². The first kappa shape index (κ1) is 10.3. The molecule has 1 rings (SSSR count). The van der Waals surface area contributed by atoms with Crippen molar-refractivity contribution in [2.45, 2.75) is 38.5 Å². The van der Waals surface area contributed by atoms with Crippen molar-refractivity contribution < 1.29 is 0 Å². The fourth-order valence-electron chi connectivity index (χ4n) is 1.86. The van der Waals surface area contributed by atoms with Crippen LogP contribution in [0.15, 0.2) is 0 Å². The Balaban J connectivity index is 2.21. The highest BCUT2D eigenvalue weighted by Gasteiger charge is 2.21. The average Bonchev–Trinajstić information content (AvgIpc) is 2.47. The van der Waals surface area contributed by atoms with Crippen molar-refractivity contribution in [3.8, 4) is 0 Å². The van der Waals surface area contributed by atoms with Crippen molar-refractivity contribution in [2.75, 3.05) is 19.6 Å². The quantitative estimate of drug-likeness (QED) is 0.615. The van der Waals surface area contributed by atoms with Gasteiger partial charge in [-0.2, -0.15) is 0 Å². The highest BCUT2D eigenvalue weighted by molar-refractivity contribution is 6.20. The number of halogens is 1. The third-order valence-corrected chi connectivity index (χ3v) is 3.24. The molecule has 0 aromatic rings. The highest BCUT2D eigenvalue weighted by Crippen LogP contribution is 2.18. The summed E-state index contributed by atoms with van der Waals surface area (Å²) in [5.41, 5.74) is 0. The second-order valence-electron chi connectivity index (χ2n) is 3.83. The molecule has 1 atom stereocenters. The Bertz CT molecular complexity index is 123. The number of alkyl halides is 1. The summed E-state index contributed by atoms with van der Waals surface area (Å²) in [7, 11) is 0. The molecule has 1 fully saturated rings. The molecule has 0 radical (unpaired) electrons. The van der Waals surface area contributed by atoms with Gasteiger partial charge in [-0.05, 0) is 18.9 Å². The fraction of sp³-hybridized carbons (Fsp3) is 1.00. The molecule has 0 amide bonds. The van der Waals surface area contributed by atoms with Crippen molar-refractivity contribution in [3.05, 3.63) is 0 Å². The van der Waals surface area contributed by atoms with E-state index in [1.54, 1.807) is 0 Å². The van der Waals surface area contributed by atoms with Gasteiger partial charge in [-0.3, -0.25) is 0 Å². The minimum atomic E-state index is 0.416. The molecule has 0 aromatic carbocycles. The lowest BCUT2D eigenvalue weighted by Crippen LogP contribution is -2.27. The topological polar surface area (TPSA) is 3.24 Å². The molecule has 1 aliphatic rings. The molecule has 12 heavy (non-hydrogen) atoms. The normalized spacial score (nSPS) is 25.5. The Hall–Kier alpha value is 0.250. The highest BCUT2D eigenvalue weighted by atomic mass is 35.5. The van der Waals surface area contributed by atoms with E-state index in [9.17, 15) is 0 Å². The van der Waals surface area contributed by atoms with Gasteiger partial charge in [-0.25, -0.2) is 0 Å². The lowest BCUT2D eigenvalue weighted by molar-refractivity contribution is 0.269. The summed E-state index contributed by atoms with van der Waals surface area (Å²) in [6, 6.07) is 0. The third kappa shape index (κ3) is 2.95. The van der Waals surface area contributed by atoms with E-state index in [4.69, 9.17) is 11.6 Å². The zero-order valence-corrected chi connectivity index (χ0v) is 8.98. The molecule has 1 aliphatic heterocycles. The Morgan fingerprint density at radius 1 is 1.42 bits per heavy atom. The summed E-state index contributed by atoms with van der Waals surface area (Å²) in [5, 5.41) is 0.416. The summed E-state index contributed by atoms with van der Waals surface area (Å²) in [4.78, 5) is 2.51. The van der Waals surface area contributed by atoms with Crippen LogP contribution in [-0.4, -0.2) is 29.9 Å². The van der Waals surface area contributed by atoms with Gasteiger partial charge in [0.15, 0.2) is 0 Å². The lowest BCUT2D eigenvalue weighted by Gasteiger charge is -2.20. The molecule has 1 heterocycles. The first-order valence-electron chi connectivity index (χ1n) is 5.12. The monoisotopic (exact) mass is 189 g/mol. The first-order chi connectivity index (χ1) is 5.76. The molecule has 0 saturated carbocycles. The minimum Gasteiger partial charge on any atom is -0.302 e. The maximum absolute atomic E-state index is 6.04. The smallest absolute Gasteiger partial charge is 0.0475 e. The zero-order valence-electron chi connectivity index (χ0n) is 8.22. The summed E-state index contributed by atoms with van der Waals surface area (Å²) in [5.74, 6) is 0.881. The van der Waals surface area contributed by atoms with Crippen LogP contribution in [0.3, 0.4) is 0 Å². The number of hydrogen-bond acceptors (Lipinski definition) is 1. The Morgan fingerprint density at radius 3 is 2.50 bits per heavy atom. The Morgan fingerprint density at radius 2 is 2.08 bits per heavy atom. The summed E-state index contributed by atoms with van der Waals surface area (Å²) in [6.07, 6.45) is 3.79. The van der Waals surface area contributed by atoms with Crippen molar-refractivity contribution in [3.63, 3.8) is 0 Å². The van der Waals surface area contributed by atoms with E-state index in [-0.39, 0.29) is 0 Å². The van der Waals surface area contributed by atoms with Crippen LogP contribution in [0.1, 0.15) is 33.1 Å². The SMILES string of the molecule is CCC(CC)CN1CCC(Cl)C1. The van der Waals surface area contributed by atoms with E-state index < -0.39 is 0 Å². The van der Waals surface area contributed by atoms with Gasteiger partial charge in [0.05, 0.1) is 0 Å². The van der Waals surface area contributed by atoms with E-state index in [0.717, 1.165) is 12.5 Å². The standard InChI is InChI=1S/C10H20ClN/c1-3-9(4-2)7-12-6-5-10(11)8-12/h9-10H,3-8H2,1-2H3. The molecule has 0 aliphatic carbocycles. The van der Waals surface area contributed by atoms with E-state index in [0.29, 0.717) is 5.38 Å². The van der Waals surface area contributed by atoms with Crippen LogP contribution in [0.4, 0.5) is 0 Å². The van der Waals surface area contributed by atoms with E-state index in [2.05, 4.69) is 18.7 Å². The van der Waals surface area contributed by atoms with Crippen molar-refractivity contribution in [1.29, 1.82) is 0 Å². The van der Waals surface area contributed by atoms with Gasteiger partial charge in [0.1, 0.15) is 0 Å². The van der Waals surface area contributed by atoms with E-state index in [1.807, 2.05) is 0 Å². The molecule has 1 saturated heterocycles. The summed E-state index contributed by atoms with van der Waals surface area (Å²) in [6.45, 7) is 8.14. The average molecular weight is 190 g/mol. The maximum Gasteiger partial charge on any atom is 0.0475 e. The molecule has 1 unspecified atom stereocenters. The molecular weight excluding hydrogens is 170 g/mol. The molecule has 0 bridgehead atoms. The van der Waals surface area contributed by atoms with Gasteiger partial charge in [-0.1, -0.05) is 26.7 Å². The first-order valence-corrected chi connectivity index (χ1v) is 5.56. The van der Waals surface area contributed by atoms with Crippen LogP contribution in [0, 0.1) is 5.92 Å². The second kappa shape index (κ2) is 5.08. The Kier molecular flexibility index (Phi) is 4.38. The van der Waals surface area contributed by atoms with Crippen molar-refractivity contribution >= 4 is 11.6 Å². The molecule has 0 N–H and O–H groups in total. The van der Waals surface area contributed by atoms with Crippen LogP contribution in [0.25, 0.3) is 0 Å². The molecular formula is C10H20ClN. The number of hydrogen-bond donors (Lipinski definition) is 0. The van der Waals surface area contributed by atoms with Gasteiger partial charge >= 0.3 is 0 Å². The predicted molar refractivity (Wildman–Crippen MR) is 54.8 cm³/mol. The molecule has 1 nitrogen and oxygen atoms in total. The maximum atomic E-state index is 6.04. The molecule has 72 valence electrons. The second-order valence-corrected chi connectivity index (χ2v) is 4.45. The van der Waals surface area contributed by atoms with Crippen LogP contribution in [-0.2, 0) is 0 Å². The zero-order chi connectivity index (χ0) is 8.97. The number of likely N-dealkylation sites (tertiary alicyclic amines) is 1. The van der Waals surface area contributed by atoms with Crippen LogP contribution in [0.5, 0.6) is 0 Å². The van der Waals surface area contributed by atoms with Crippen LogP contribution >= 0.6 is 11.6 Å². The van der Waals surface area contributed by atoms with Crippen LogP contribution in [0.2, 0.25) is 0 Å². The third-order valence-electron chi connectivity index (χ3n) is 2.89. The minimum absolute atomic E-state index is 0.416. The molecule has 0 spiro atoms. The number of nitrogens with zero attached hydrogens (tertiary/aromatic N) is 1. The number of rotatable bonds is 4. The molecule has 0 aromatic heterocycles. The Labute approximate surface area is 81.1 Å². The van der Waals surface area contributed by atoms with Crippen molar-refractivity contribution in [2.24, 2.45) is 5.92 Å². The predicted octanol–water partition coefficient (Wildman–Crippen LogP) is 2.74. The fourth-order valence-corrected chi connectivity index (χ4v) is 2.16. The van der Waals surface area contributed by atoms with Gasteiger partial charge in [0.25, 0.3) is 0 Å². The van der Waals surface area contributed by atoms with Gasteiger partial charge < -0.3 is 4.90 Å². The summed E-state index contributed by atoms with van der Waals surface area (Å²) < 4.78 is 0. The van der Waals surface area contributed by atoms with Crippen molar-refractivity contribution in [1.82, 2.24) is 4.90 Å². The van der Waals surface area contributed by atoms with E-state index in [1.165, 1.54) is 32.4 Å². The van der Waals surface area contributed by atoms with Gasteiger partial charge in [0.2, 0.25) is 0 Å². The van der Waals surface area contributed by atoms with Crippen LogP contribution < -0.4 is 0 Å². The lowest BCUT2D eigenvalue weighted by atomic mass is 10.0. The van der Waals surface area contributed by atoms with Gasteiger partial charge in [-0.15, -0.1) is 11.6 Å². The van der Waals surface area contributed by atoms with E-state index >= 15 is 0 Å².